The molecular formula is C7H12O4. The van der Waals surface area contributed by atoms with Crippen LogP contribution in [0.4, 0.5) is 4.79 Å². The van der Waals surface area contributed by atoms with Crippen LogP contribution in [0.5, 0.6) is 0 Å². The predicted octanol–water partition coefficient (Wildman–Crippen LogP) is 0.683. The Morgan fingerprint density at radius 1 is 1.45 bits per heavy atom. The van der Waals surface area contributed by atoms with Crippen LogP contribution in [0.2, 0.25) is 0 Å². The first-order valence-corrected chi connectivity index (χ1v) is 3.76. The van der Waals surface area contributed by atoms with Crippen molar-refractivity contribution in [3.05, 3.63) is 0 Å². The van der Waals surface area contributed by atoms with Gasteiger partial charge in [0, 0.05) is 13.0 Å². The molecule has 1 N–H and O–H groups in total. The Hall–Kier alpha value is -0.770. The Balaban J connectivity index is 2.43. The van der Waals surface area contributed by atoms with Gasteiger partial charge in [0.1, 0.15) is 12.2 Å². The average Bonchev–Trinajstić information content (AvgIpc) is 2.32. The number of hydrogen-bond acceptors (Lipinski definition) is 4. The molecule has 0 spiro atoms. The minimum absolute atomic E-state index is 0.0256. The van der Waals surface area contributed by atoms with Gasteiger partial charge in [0.05, 0.1) is 0 Å². The summed E-state index contributed by atoms with van der Waals surface area (Å²) in [5.41, 5.74) is 0. The Morgan fingerprint density at radius 3 is 2.64 bits per heavy atom. The van der Waals surface area contributed by atoms with Crippen LogP contribution in [0.1, 0.15) is 19.8 Å². The summed E-state index contributed by atoms with van der Waals surface area (Å²) in [6.07, 6.45) is 0.156. The van der Waals surface area contributed by atoms with Crippen molar-refractivity contribution in [3.63, 3.8) is 0 Å². The van der Waals surface area contributed by atoms with Gasteiger partial charge in [-0.05, 0) is 6.42 Å². The van der Waals surface area contributed by atoms with E-state index in [4.69, 9.17) is 14.6 Å². The van der Waals surface area contributed by atoms with Crippen molar-refractivity contribution in [2.45, 2.75) is 32.0 Å². The van der Waals surface area contributed by atoms with Gasteiger partial charge in [-0.1, -0.05) is 6.92 Å². The largest absolute Gasteiger partial charge is 0.509 e. The molecule has 4 nitrogen and oxygen atoms in total. The summed E-state index contributed by atoms with van der Waals surface area (Å²) in [6, 6.07) is 0. The molecule has 1 fully saturated rings. The maximum absolute atomic E-state index is 10.6. The quantitative estimate of drug-likeness (QED) is 0.617. The van der Waals surface area contributed by atoms with E-state index in [1.165, 1.54) is 0 Å². The molecule has 0 aliphatic carbocycles. The van der Waals surface area contributed by atoms with Crippen molar-refractivity contribution in [2.75, 3.05) is 6.61 Å². The van der Waals surface area contributed by atoms with Crippen LogP contribution in [-0.4, -0.2) is 30.1 Å². The number of rotatable bonds is 3. The standard InChI is InChI=1S/C7H12O4/c1-2-5-6(3-4-8)11-7(9)10-5/h5-6,8H,2-4H2,1H3/t5-,6-/m1/s1. The molecule has 1 aliphatic rings. The second-order valence-electron chi connectivity index (χ2n) is 2.48. The summed E-state index contributed by atoms with van der Waals surface area (Å²) in [7, 11) is 0. The van der Waals surface area contributed by atoms with E-state index in [0.29, 0.717) is 6.42 Å². The van der Waals surface area contributed by atoms with Crippen LogP contribution in [0.15, 0.2) is 0 Å². The summed E-state index contributed by atoms with van der Waals surface area (Å²) in [4.78, 5) is 10.6. The molecule has 1 saturated heterocycles. The fraction of sp³-hybridized carbons (Fsp3) is 0.857. The molecule has 0 bridgehead atoms. The summed E-state index contributed by atoms with van der Waals surface area (Å²) < 4.78 is 9.59. The molecule has 0 aromatic rings. The summed E-state index contributed by atoms with van der Waals surface area (Å²) in [5, 5.41) is 8.58. The van der Waals surface area contributed by atoms with Crippen molar-refractivity contribution < 1.29 is 19.4 Å². The van der Waals surface area contributed by atoms with Gasteiger partial charge in [0.15, 0.2) is 0 Å². The number of hydrogen-bond donors (Lipinski definition) is 1. The topological polar surface area (TPSA) is 55.8 Å². The molecule has 64 valence electrons. The molecule has 0 radical (unpaired) electrons. The van der Waals surface area contributed by atoms with E-state index in [2.05, 4.69) is 0 Å². The highest BCUT2D eigenvalue weighted by atomic mass is 16.8. The van der Waals surface area contributed by atoms with Gasteiger partial charge in [0.25, 0.3) is 0 Å². The van der Waals surface area contributed by atoms with E-state index >= 15 is 0 Å². The Kier molecular flexibility index (Phi) is 2.70. The molecule has 0 saturated carbocycles. The van der Waals surface area contributed by atoms with Crippen LogP contribution in [-0.2, 0) is 9.47 Å². The molecule has 1 rings (SSSR count). The van der Waals surface area contributed by atoms with Gasteiger partial charge in [-0.2, -0.15) is 0 Å². The second kappa shape index (κ2) is 3.57. The van der Waals surface area contributed by atoms with Crippen LogP contribution < -0.4 is 0 Å². The minimum Gasteiger partial charge on any atom is -0.427 e. The van der Waals surface area contributed by atoms with Crippen molar-refractivity contribution >= 4 is 6.16 Å². The van der Waals surface area contributed by atoms with Crippen molar-refractivity contribution in [2.24, 2.45) is 0 Å². The molecule has 0 aromatic carbocycles. The van der Waals surface area contributed by atoms with E-state index in [1.54, 1.807) is 0 Å². The zero-order chi connectivity index (χ0) is 8.27. The zero-order valence-corrected chi connectivity index (χ0v) is 6.45. The number of carbonyl (C=O) groups is 1. The molecule has 2 atom stereocenters. The third-order valence-corrected chi connectivity index (χ3v) is 1.73. The van der Waals surface area contributed by atoms with Crippen LogP contribution in [0.25, 0.3) is 0 Å². The van der Waals surface area contributed by atoms with Gasteiger partial charge < -0.3 is 14.6 Å². The first-order valence-electron chi connectivity index (χ1n) is 3.76. The zero-order valence-electron chi connectivity index (χ0n) is 6.45. The van der Waals surface area contributed by atoms with Crippen molar-refractivity contribution in [3.8, 4) is 0 Å². The number of ether oxygens (including phenoxy) is 2. The second-order valence-corrected chi connectivity index (χ2v) is 2.48. The SMILES string of the molecule is CC[C@H]1OC(=O)O[C@@H]1CCO. The smallest absolute Gasteiger partial charge is 0.427 e. The monoisotopic (exact) mass is 160 g/mol. The molecule has 11 heavy (non-hydrogen) atoms. The predicted molar refractivity (Wildman–Crippen MR) is 37.1 cm³/mol. The Morgan fingerprint density at radius 2 is 2.09 bits per heavy atom. The summed E-state index contributed by atoms with van der Waals surface area (Å²) in [5.74, 6) is 0. The van der Waals surface area contributed by atoms with Crippen LogP contribution in [0.3, 0.4) is 0 Å². The molecule has 0 unspecified atom stereocenters. The lowest BCUT2D eigenvalue weighted by Gasteiger charge is -2.10. The third kappa shape index (κ3) is 1.83. The van der Waals surface area contributed by atoms with E-state index in [-0.39, 0.29) is 18.8 Å². The van der Waals surface area contributed by atoms with E-state index in [9.17, 15) is 4.79 Å². The van der Waals surface area contributed by atoms with Crippen LogP contribution in [0, 0.1) is 0 Å². The molecule has 1 aliphatic heterocycles. The normalized spacial score (nSPS) is 29.8. The van der Waals surface area contributed by atoms with E-state index in [1.807, 2.05) is 6.92 Å². The molecule has 1 heterocycles. The maximum Gasteiger partial charge on any atom is 0.509 e. The Bertz CT molecular complexity index is 145. The van der Waals surface area contributed by atoms with Gasteiger partial charge in [-0.25, -0.2) is 4.79 Å². The minimum atomic E-state index is -0.615. The lowest BCUT2D eigenvalue weighted by Crippen LogP contribution is -2.22. The highest BCUT2D eigenvalue weighted by Crippen LogP contribution is 2.19. The lowest BCUT2D eigenvalue weighted by atomic mass is 10.1. The fourth-order valence-corrected chi connectivity index (χ4v) is 1.15. The number of carbonyl (C=O) groups excluding carboxylic acids is 1. The number of aliphatic hydroxyl groups is 1. The summed E-state index contributed by atoms with van der Waals surface area (Å²) >= 11 is 0. The van der Waals surface area contributed by atoms with Crippen molar-refractivity contribution in [1.29, 1.82) is 0 Å². The highest BCUT2D eigenvalue weighted by molar-refractivity contribution is 5.62. The number of aliphatic hydroxyl groups excluding tert-OH is 1. The van der Waals surface area contributed by atoms with Gasteiger partial charge in [-0.3, -0.25) is 0 Å². The highest BCUT2D eigenvalue weighted by Gasteiger charge is 2.34. The molecule has 4 heteroatoms. The van der Waals surface area contributed by atoms with Gasteiger partial charge in [-0.15, -0.1) is 0 Å². The van der Waals surface area contributed by atoms with Gasteiger partial charge in [0.2, 0.25) is 0 Å². The molecule has 0 amide bonds. The van der Waals surface area contributed by atoms with E-state index < -0.39 is 6.16 Å². The van der Waals surface area contributed by atoms with Crippen LogP contribution >= 0.6 is 0 Å². The molecular weight excluding hydrogens is 148 g/mol. The first kappa shape index (κ1) is 8.33. The van der Waals surface area contributed by atoms with Gasteiger partial charge >= 0.3 is 6.16 Å². The fourth-order valence-electron chi connectivity index (χ4n) is 1.15. The Labute approximate surface area is 65.1 Å². The average molecular weight is 160 g/mol. The third-order valence-electron chi connectivity index (χ3n) is 1.73. The molecule has 0 aromatic heterocycles. The maximum atomic E-state index is 10.6. The lowest BCUT2D eigenvalue weighted by molar-refractivity contribution is 0.109. The summed E-state index contributed by atoms with van der Waals surface area (Å²) in [6.45, 7) is 1.94. The van der Waals surface area contributed by atoms with E-state index in [0.717, 1.165) is 6.42 Å². The number of cyclic esters (lactones) is 2. The van der Waals surface area contributed by atoms with Crippen molar-refractivity contribution in [1.82, 2.24) is 0 Å². The first-order chi connectivity index (χ1) is 5.27.